The van der Waals surface area contributed by atoms with Crippen molar-refractivity contribution in [1.29, 1.82) is 0 Å². The molecule has 0 spiro atoms. The van der Waals surface area contributed by atoms with E-state index in [4.69, 9.17) is 9.57 Å². The molecule has 2 rings (SSSR count). The summed E-state index contributed by atoms with van der Waals surface area (Å²) in [7, 11) is 0.0423. The van der Waals surface area contributed by atoms with Crippen molar-refractivity contribution in [3.63, 3.8) is 0 Å². The first-order valence-corrected chi connectivity index (χ1v) is 9.75. The number of methoxy groups -OCH3 is 1. The van der Waals surface area contributed by atoms with E-state index < -0.39 is 27.4 Å². The molecule has 9 heteroatoms. The van der Waals surface area contributed by atoms with Gasteiger partial charge in [0.25, 0.3) is 15.9 Å². The van der Waals surface area contributed by atoms with Gasteiger partial charge in [0.2, 0.25) is 0 Å². The average Bonchev–Trinajstić information content (AvgIpc) is 2.67. The molecule has 0 aromatic heterocycles. The van der Waals surface area contributed by atoms with Gasteiger partial charge in [0, 0.05) is 12.6 Å². The molecule has 0 unspecified atom stereocenters. The third-order valence-electron chi connectivity index (χ3n) is 4.65. The summed E-state index contributed by atoms with van der Waals surface area (Å²) in [6, 6.07) is 5.45. The van der Waals surface area contributed by atoms with Crippen LogP contribution in [0.2, 0.25) is 0 Å². The predicted octanol–water partition coefficient (Wildman–Crippen LogP) is 1.47. The molecule has 0 aliphatic heterocycles. The Morgan fingerprint density at radius 3 is 2.15 bits per heavy atom. The minimum Gasteiger partial charge on any atom is -0.467 e. The van der Waals surface area contributed by atoms with Gasteiger partial charge in [0.1, 0.15) is 5.54 Å². The van der Waals surface area contributed by atoms with Gasteiger partial charge in [-0.15, -0.1) is 0 Å². The van der Waals surface area contributed by atoms with Gasteiger partial charge in [-0.2, -0.15) is 0 Å². The molecule has 0 heterocycles. The SMILES string of the molecule is COC(=O)C1(NC(=O)c2ccc(S(=O)(=O)N(C)OC)cc2)CCCCC1. The van der Waals surface area contributed by atoms with Crippen molar-refractivity contribution in [2.75, 3.05) is 21.3 Å². The molecule has 1 aliphatic rings. The van der Waals surface area contributed by atoms with Gasteiger partial charge in [0.15, 0.2) is 0 Å². The lowest BCUT2D eigenvalue weighted by molar-refractivity contribution is -0.149. The fourth-order valence-corrected chi connectivity index (χ4v) is 4.02. The van der Waals surface area contributed by atoms with E-state index in [1.54, 1.807) is 0 Å². The normalized spacial score (nSPS) is 16.9. The zero-order valence-corrected chi connectivity index (χ0v) is 16.0. The number of hydrogen-bond donors (Lipinski definition) is 1. The zero-order valence-electron chi connectivity index (χ0n) is 15.1. The molecule has 8 nitrogen and oxygen atoms in total. The summed E-state index contributed by atoms with van der Waals surface area (Å²) in [6.07, 6.45) is 3.72. The molecule has 1 aliphatic carbocycles. The highest BCUT2D eigenvalue weighted by atomic mass is 32.2. The zero-order chi connectivity index (χ0) is 19.4. The summed E-state index contributed by atoms with van der Waals surface area (Å²) in [4.78, 5) is 29.5. The Hall–Kier alpha value is -1.97. The maximum atomic E-state index is 12.6. The van der Waals surface area contributed by atoms with Crippen molar-refractivity contribution < 1.29 is 27.6 Å². The van der Waals surface area contributed by atoms with Gasteiger partial charge in [-0.3, -0.25) is 9.63 Å². The second-order valence-corrected chi connectivity index (χ2v) is 8.15. The van der Waals surface area contributed by atoms with E-state index in [0.717, 1.165) is 23.7 Å². The molecule has 0 radical (unpaired) electrons. The van der Waals surface area contributed by atoms with Crippen LogP contribution in [0.1, 0.15) is 42.5 Å². The highest BCUT2D eigenvalue weighted by Gasteiger charge is 2.42. The third kappa shape index (κ3) is 4.05. The number of hydroxylamine groups is 1. The number of amides is 1. The van der Waals surface area contributed by atoms with Crippen molar-refractivity contribution in [2.24, 2.45) is 0 Å². The summed E-state index contributed by atoms with van der Waals surface area (Å²) in [6.45, 7) is 0. The van der Waals surface area contributed by atoms with Crippen LogP contribution in [0.4, 0.5) is 0 Å². The first-order valence-electron chi connectivity index (χ1n) is 8.31. The van der Waals surface area contributed by atoms with Crippen molar-refractivity contribution in [1.82, 2.24) is 9.79 Å². The van der Waals surface area contributed by atoms with Crippen molar-refractivity contribution >= 4 is 21.9 Å². The van der Waals surface area contributed by atoms with Crippen LogP contribution in [0.25, 0.3) is 0 Å². The van der Waals surface area contributed by atoms with Crippen molar-refractivity contribution in [3.8, 4) is 0 Å². The fraction of sp³-hybridized carbons (Fsp3) is 0.529. The Kier molecular flexibility index (Phi) is 6.38. The molecule has 26 heavy (non-hydrogen) atoms. The number of carbonyl (C=O) groups excluding carboxylic acids is 2. The molecule has 0 atom stereocenters. The smallest absolute Gasteiger partial charge is 0.331 e. The van der Waals surface area contributed by atoms with E-state index in [0.29, 0.717) is 12.8 Å². The number of ether oxygens (including phenoxy) is 1. The molecule has 1 fully saturated rings. The van der Waals surface area contributed by atoms with Gasteiger partial charge < -0.3 is 10.1 Å². The van der Waals surface area contributed by atoms with Crippen LogP contribution in [-0.4, -0.2) is 51.6 Å². The predicted molar refractivity (Wildman–Crippen MR) is 93.7 cm³/mol. The second-order valence-electron chi connectivity index (χ2n) is 6.21. The Morgan fingerprint density at radius 1 is 1.08 bits per heavy atom. The Morgan fingerprint density at radius 2 is 1.65 bits per heavy atom. The fourth-order valence-electron chi connectivity index (χ4n) is 3.05. The van der Waals surface area contributed by atoms with Crippen molar-refractivity contribution in [2.45, 2.75) is 42.5 Å². The molecular weight excluding hydrogens is 360 g/mol. The first-order chi connectivity index (χ1) is 12.3. The molecular formula is C17H24N2O6S. The Bertz CT molecular complexity index is 754. The number of carbonyl (C=O) groups is 2. The second kappa shape index (κ2) is 8.15. The molecule has 1 aromatic rings. The Labute approximate surface area is 153 Å². The van der Waals surface area contributed by atoms with E-state index in [9.17, 15) is 18.0 Å². The van der Waals surface area contributed by atoms with Crippen LogP contribution in [0.15, 0.2) is 29.2 Å². The van der Waals surface area contributed by atoms with Crippen LogP contribution < -0.4 is 5.32 Å². The molecule has 0 saturated heterocycles. The molecule has 0 bridgehead atoms. The van der Waals surface area contributed by atoms with Gasteiger partial charge in [-0.1, -0.05) is 23.7 Å². The number of benzene rings is 1. The van der Waals surface area contributed by atoms with Gasteiger partial charge >= 0.3 is 5.97 Å². The van der Waals surface area contributed by atoms with Crippen molar-refractivity contribution in [3.05, 3.63) is 29.8 Å². The first kappa shape index (κ1) is 20.3. The minimum absolute atomic E-state index is 0.00116. The highest BCUT2D eigenvalue weighted by molar-refractivity contribution is 7.89. The van der Waals surface area contributed by atoms with E-state index in [1.807, 2.05) is 0 Å². The van der Waals surface area contributed by atoms with Gasteiger partial charge in [0.05, 0.1) is 19.1 Å². The van der Waals surface area contributed by atoms with E-state index in [-0.39, 0.29) is 10.5 Å². The number of sulfonamides is 1. The lowest BCUT2D eigenvalue weighted by atomic mass is 9.81. The monoisotopic (exact) mass is 384 g/mol. The maximum Gasteiger partial charge on any atom is 0.331 e. The summed E-state index contributed by atoms with van der Waals surface area (Å²) in [5.41, 5.74) is -0.761. The summed E-state index contributed by atoms with van der Waals surface area (Å²) in [5.74, 6) is -0.896. The standard InChI is InChI=1S/C17H24N2O6S/c1-19(25-3)26(22,23)14-9-7-13(8-10-14)15(20)18-17(16(21)24-2)11-5-4-6-12-17/h7-10H,4-6,11-12H2,1-3H3,(H,18,20). The van der Waals surface area contributed by atoms with E-state index in [2.05, 4.69) is 5.32 Å². The van der Waals surface area contributed by atoms with Gasteiger partial charge in [-0.25, -0.2) is 13.2 Å². The van der Waals surface area contributed by atoms with Gasteiger partial charge in [-0.05, 0) is 37.1 Å². The number of hydrogen-bond acceptors (Lipinski definition) is 6. The van der Waals surface area contributed by atoms with Crippen LogP contribution in [-0.2, 0) is 24.4 Å². The molecule has 1 saturated carbocycles. The largest absolute Gasteiger partial charge is 0.467 e. The summed E-state index contributed by atoms with van der Waals surface area (Å²) in [5, 5.41) is 2.79. The topological polar surface area (TPSA) is 102 Å². The van der Waals surface area contributed by atoms with Crippen LogP contribution in [0, 0.1) is 0 Å². The van der Waals surface area contributed by atoms with Crippen LogP contribution in [0.3, 0.4) is 0 Å². The lowest BCUT2D eigenvalue weighted by Gasteiger charge is -2.35. The molecule has 1 aromatic carbocycles. The average molecular weight is 384 g/mol. The quantitative estimate of drug-likeness (QED) is 0.589. The Balaban J connectivity index is 2.20. The number of rotatable bonds is 6. The number of esters is 1. The van der Waals surface area contributed by atoms with E-state index >= 15 is 0 Å². The lowest BCUT2D eigenvalue weighted by Crippen LogP contribution is -2.56. The minimum atomic E-state index is -3.78. The third-order valence-corrected chi connectivity index (χ3v) is 6.34. The molecule has 144 valence electrons. The van der Waals surface area contributed by atoms with E-state index in [1.165, 1.54) is 45.5 Å². The molecule has 1 N–H and O–H groups in total. The summed E-state index contributed by atoms with van der Waals surface area (Å²) < 4.78 is 30.0. The highest BCUT2D eigenvalue weighted by Crippen LogP contribution is 2.30. The van der Waals surface area contributed by atoms with Crippen LogP contribution >= 0.6 is 0 Å². The van der Waals surface area contributed by atoms with Crippen LogP contribution in [0.5, 0.6) is 0 Å². The number of nitrogens with zero attached hydrogens (tertiary/aromatic N) is 1. The maximum absolute atomic E-state index is 12.6. The summed E-state index contributed by atoms with van der Waals surface area (Å²) >= 11 is 0. The number of nitrogens with one attached hydrogen (secondary N) is 1. The molecule has 1 amide bonds.